The first-order valence-corrected chi connectivity index (χ1v) is 10.2. The fourth-order valence-electron chi connectivity index (χ4n) is 3.31. The molecule has 1 aromatic heterocycles. The van der Waals surface area contributed by atoms with Crippen molar-refractivity contribution in [2.75, 3.05) is 18.5 Å². The minimum Gasteiger partial charge on any atom is -0.489 e. The molecule has 3 rings (SSSR count). The van der Waals surface area contributed by atoms with Crippen LogP contribution in [-0.4, -0.2) is 24.2 Å². The molecular weight excluding hydrogens is 394 g/mol. The maximum absolute atomic E-state index is 12.5. The molecule has 0 aliphatic rings. The first kappa shape index (κ1) is 22.3. The van der Waals surface area contributed by atoms with Gasteiger partial charge in [0.25, 0.3) is 0 Å². The number of aliphatic hydroxyl groups is 1. The van der Waals surface area contributed by atoms with E-state index in [1.807, 2.05) is 38.1 Å². The van der Waals surface area contributed by atoms with E-state index in [1.54, 1.807) is 18.2 Å². The van der Waals surface area contributed by atoms with Crippen molar-refractivity contribution in [1.29, 1.82) is 0 Å². The zero-order valence-corrected chi connectivity index (χ0v) is 17.9. The topological polar surface area (TPSA) is 88.8 Å². The van der Waals surface area contributed by atoms with Gasteiger partial charge in [-0.3, -0.25) is 4.79 Å². The average Bonchev–Trinajstić information content (AvgIpc) is 2.73. The number of aryl methyl sites for hydroxylation is 1. The van der Waals surface area contributed by atoms with Gasteiger partial charge in [0.05, 0.1) is 0 Å². The molecule has 0 saturated heterocycles. The Morgan fingerprint density at radius 3 is 2.58 bits per heavy atom. The summed E-state index contributed by atoms with van der Waals surface area (Å²) >= 11 is 0. The summed E-state index contributed by atoms with van der Waals surface area (Å²) in [5.41, 5.74) is 3.89. The van der Waals surface area contributed by atoms with Crippen LogP contribution in [0.25, 0.3) is 11.0 Å². The van der Waals surface area contributed by atoms with Crippen molar-refractivity contribution in [1.82, 2.24) is 0 Å². The van der Waals surface area contributed by atoms with Crippen molar-refractivity contribution in [2.24, 2.45) is 0 Å². The second-order valence-corrected chi connectivity index (χ2v) is 7.62. The number of carbonyl (C=O) groups is 1. The normalized spacial score (nSPS) is 10.8. The summed E-state index contributed by atoms with van der Waals surface area (Å²) in [5, 5.41) is 12.6. The van der Waals surface area contributed by atoms with Gasteiger partial charge in [0, 0.05) is 35.7 Å². The minimum atomic E-state index is -0.441. The lowest BCUT2D eigenvalue weighted by atomic mass is 10.0. The SMILES string of the molecule is C=C(C)COc1ccc2c(C)c(CCC(=O)Nc3ccc(CCO)cc3)c(=O)oc2c1. The molecule has 2 N–H and O–H groups in total. The van der Waals surface area contributed by atoms with Crippen LogP contribution >= 0.6 is 0 Å². The van der Waals surface area contributed by atoms with E-state index in [1.165, 1.54) is 0 Å². The number of ether oxygens (including phenoxy) is 1. The van der Waals surface area contributed by atoms with E-state index in [-0.39, 0.29) is 25.4 Å². The van der Waals surface area contributed by atoms with Gasteiger partial charge in [-0.05, 0) is 67.7 Å². The van der Waals surface area contributed by atoms with Gasteiger partial charge in [-0.25, -0.2) is 4.79 Å². The first-order chi connectivity index (χ1) is 14.9. The second-order valence-electron chi connectivity index (χ2n) is 7.62. The third-order valence-electron chi connectivity index (χ3n) is 4.98. The highest BCUT2D eigenvalue weighted by Crippen LogP contribution is 2.25. The zero-order chi connectivity index (χ0) is 22.4. The Bertz CT molecular complexity index is 1150. The molecule has 0 saturated carbocycles. The molecule has 0 aliphatic heterocycles. The van der Waals surface area contributed by atoms with Gasteiger partial charge in [0.15, 0.2) is 0 Å². The fourth-order valence-corrected chi connectivity index (χ4v) is 3.31. The average molecular weight is 421 g/mol. The first-order valence-electron chi connectivity index (χ1n) is 10.2. The molecule has 1 heterocycles. The van der Waals surface area contributed by atoms with Crippen molar-refractivity contribution in [3.63, 3.8) is 0 Å². The van der Waals surface area contributed by atoms with E-state index in [9.17, 15) is 9.59 Å². The van der Waals surface area contributed by atoms with Crippen molar-refractivity contribution >= 4 is 22.6 Å². The van der Waals surface area contributed by atoms with Crippen molar-refractivity contribution in [3.8, 4) is 5.75 Å². The van der Waals surface area contributed by atoms with Gasteiger partial charge < -0.3 is 19.6 Å². The summed E-state index contributed by atoms with van der Waals surface area (Å²) < 4.78 is 11.1. The minimum absolute atomic E-state index is 0.0855. The summed E-state index contributed by atoms with van der Waals surface area (Å²) in [6.45, 7) is 8.02. The van der Waals surface area contributed by atoms with Crippen LogP contribution in [-0.2, 0) is 17.6 Å². The molecule has 31 heavy (non-hydrogen) atoms. The highest BCUT2D eigenvalue weighted by Gasteiger charge is 2.14. The van der Waals surface area contributed by atoms with Crippen LogP contribution in [0.1, 0.15) is 30.0 Å². The summed E-state index contributed by atoms with van der Waals surface area (Å²) in [6.07, 6.45) is 1.02. The maximum atomic E-state index is 12.5. The quantitative estimate of drug-likeness (QED) is 0.400. The molecule has 6 nitrogen and oxygen atoms in total. The van der Waals surface area contributed by atoms with E-state index in [0.717, 1.165) is 22.1 Å². The molecule has 0 atom stereocenters. The number of aliphatic hydroxyl groups excluding tert-OH is 1. The third kappa shape index (κ3) is 5.83. The molecule has 0 bridgehead atoms. The van der Waals surface area contributed by atoms with Gasteiger partial charge in [-0.1, -0.05) is 18.7 Å². The van der Waals surface area contributed by atoms with E-state index < -0.39 is 5.63 Å². The molecule has 6 heteroatoms. The summed E-state index contributed by atoms with van der Waals surface area (Å²) in [6, 6.07) is 12.7. The Kier molecular flexibility index (Phi) is 7.26. The van der Waals surface area contributed by atoms with Crippen molar-refractivity contribution < 1.29 is 19.1 Å². The van der Waals surface area contributed by atoms with Gasteiger partial charge in [-0.2, -0.15) is 0 Å². The van der Waals surface area contributed by atoms with Crippen LogP contribution < -0.4 is 15.7 Å². The second kappa shape index (κ2) is 10.1. The number of rotatable bonds is 9. The lowest BCUT2D eigenvalue weighted by Gasteiger charge is -2.10. The van der Waals surface area contributed by atoms with E-state index in [0.29, 0.717) is 35.6 Å². The fraction of sp³-hybridized carbons (Fsp3) is 0.280. The summed E-state index contributed by atoms with van der Waals surface area (Å²) in [7, 11) is 0. The molecule has 3 aromatic rings. The number of carbonyl (C=O) groups excluding carboxylic acids is 1. The Hall–Kier alpha value is -3.38. The van der Waals surface area contributed by atoms with E-state index in [4.69, 9.17) is 14.3 Å². The molecule has 0 unspecified atom stereocenters. The number of anilines is 1. The van der Waals surface area contributed by atoms with Crippen LogP contribution in [0.15, 0.2) is 63.8 Å². The Morgan fingerprint density at radius 1 is 1.16 bits per heavy atom. The van der Waals surface area contributed by atoms with Crippen LogP contribution in [0.5, 0.6) is 5.75 Å². The lowest BCUT2D eigenvalue weighted by Crippen LogP contribution is -2.16. The number of amides is 1. The number of benzene rings is 2. The molecule has 0 aliphatic carbocycles. The maximum Gasteiger partial charge on any atom is 0.339 e. The number of nitrogens with one attached hydrogen (secondary N) is 1. The summed E-state index contributed by atoms with van der Waals surface area (Å²) in [5.74, 6) is 0.424. The van der Waals surface area contributed by atoms with E-state index in [2.05, 4.69) is 11.9 Å². The standard InChI is InChI=1S/C25H27NO5/c1-16(2)15-30-20-8-9-21-17(3)22(25(29)31-23(21)14-20)10-11-24(28)26-19-6-4-18(5-7-19)12-13-27/h4-9,14,27H,1,10-13,15H2,2-3H3,(H,26,28). The predicted octanol–water partition coefficient (Wildman–Crippen LogP) is 4.16. The van der Waals surface area contributed by atoms with Crippen LogP contribution in [0.4, 0.5) is 5.69 Å². The van der Waals surface area contributed by atoms with Crippen LogP contribution in [0.3, 0.4) is 0 Å². The smallest absolute Gasteiger partial charge is 0.339 e. The van der Waals surface area contributed by atoms with E-state index >= 15 is 0 Å². The highest BCUT2D eigenvalue weighted by atomic mass is 16.5. The number of fused-ring (bicyclic) bond motifs is 1. The van der Waals surface area contributed by atoms with Gasteiger partial charge in [0.2, 0.25) is 5.91 Å². The van der Waals surface area contributed by atoms with Crippen LogP contribution in [0, 0.1) is 6.92 Å². The Balaban J connectivity index is 1.69. The molecule has 162 valence electrons. The molecule has 1 amide bonds. The van der Waals surface area contributed by atoms with Gasteiger partial charge >= 0.3 is 5.63 Å². The van der Waals surface area contributed by atoms with Gasteiger partial charge in [0.1, 0.15) is 17.9 Å². The monoisotopic (exact) mass is 421 g/mol. The summed E-state index contributed by atoms with van der Waals surface area (Å²) in [4.78, 5) is 24.9. The Labute approximate surface area is 181 Å². The molecule has 0 fully saturated rings. The Morgan fingerprint density at radius 2 is 1.90 bits per heavy atom. The van der Waals surface area contributed by atoms with Crippen molar-refractivity contribution in [3.05, 3.63) is 81.7 Å². The molecule has 0 radical (unpaired) electrons. The molecule has 0 spiro atoms. The molecular formula is C25H27NO5. The largest absolute Gasteiger partial charge is 0.489 e. The predicted molar refractivity (Wildman–Crippen MR) is 122 cm³/mol. The molecule has 2 aromatic carbocycles. The number of hydrogen-bond acceptors (Lipinski definition) is 5. The number of hydrogen-bond donors (Lipinski definition) is 2. The van der Waals surface area contributed by atoms with Gasteiger partial charge in [-0.15, -0.1) is 0 Å². The zero-order valence-electron chi connectivity index (χ0n) is 17.9. The van der Waals surface area contributed by atoms with Crippen molar-refractivity contribution in [2.45, 2.75) is 33.1 Å². The lowest BCUT2D eigenvalue weighted by molar-refractivity contribution is -0.116. The third-order valence-corrected chi connectivity index (χ3v) is 4.98. The highest BCUT2D eigenvalue weighted by molar-refractivity contribution is 5.91. The van der Waals surface area contributed by atoms with Crippen LogP contribution in [0.2, 0.25) is 0 Å².